The van der Waals surface area contributed by atoms with E-state index in [2.05, 4.69) is 10.6 Å². The molecule has 0 unspecified atom stereocenters. The van der Waals surface area contributed by atoms with E-state index in [9.17, 15) is 14.4 Å². The molecule has 0 aromatic heterocycles. The fraction of sp³-hybridized carbons (Fsp3) is 0.625. The molecule has 13 heavy (non-hydrogen) atoms. The van der Waals surface area contributed by atoms with E-state index in [0.29, 0.717) is 6.42 Å². The van der Waals surface area contributed by atoms with Gasteiger partial charge in [0, 0.05) is 12.8 Å². The number of urea groups is 1. The van der Waals surface area contributed by atoms with Crippen LogP contribution in [0.15, 0.2) is 0 Å². The van der Waals surface area contributed by atoms with Crippen molar-refractivity contribution < 1.29 is 14.4 Å². The second kappa shape index (κ2) is 6.16. The number of hydrogen-bond acceptors (Lipinski definition) is 3. The van der Waals surface area contributed by atoms with Gasteiger partial charge in [-0.3, -0.25) is 14.9 Å². The lowest BCUT2D eigenvalue weighted by atomic mass is 10.3. The van der Waals surface area contributed by atoms with E-state index in [1.54, 1.807) is 13.8 Å². The molecule has 0 rings (SSSR count). The summed E-state index contributed by atoms with van der Waals surface area (Å²) in [6, 6.07) is -0.617. The standard InChI is InChI=1S/C8H14N2O3/c1-3-6(11)5-9-8(13)10-7(12)4-2/h3-5H2,1-2H3,(H2,9,10,12,13). The maximum atomic E-state index is 10.8. The highest BCUT2D eigenvalue weighted by molar-refractivity contribution is 5.95. The van der Waals surface area contributed by atoms with Gasteiger partial charge in [0.15, 0.2) is 5.78 Å². The van der Waals surface area contributed by atoms with Crippen molar-refractivity contribution in [3.8, 4) is 0 Å². The fourth-order valence-electron chi connectivity index (χ4n) is 0.563. The zero-order valence-corrected chi connectivity index (χ0v) is 7.85. The van der Waals surface area contributed by atoms with Crippen molar-refractivity contribution in [2.45, 2.75) is 26.7 Å². The zero-order chi connectivity index (χ0) is 10.3. The first-order valence-electron chi connectivity index (χ1n) is 4.19. The summed E-state index contributed by atoms with van der Waals surface area (Å²) in [6.45, 7) is 3.32. The molecule has 0 saturated heterocycles. The second-order valence-corrected chi connectivity index (χ2v) is 2.48. The molecule has 0 aromatic carbocycles. The topological polar surface area (TPSA) is 75.3 Å². The minimum absolute atomic E-state index is 0.0284. The van der Waals surface area contributed by atoms with Crippen LogP contribution in [0.25, 0.3) is 0 Å². The molecule has 5 nitrogen and oxygen atoms in total. The molecule has 0 aliphatic rings. The Morgan fingerprint density at radius 1 is 1.08 bits per heavy atom. The molecule has 0 saturated carbocycles. The molecule has 0 aromatic rings. The molecule has 0 fully saturated rings. The first-order chi connectivity index (χ1) is 6.10. The fourth-order valence-corrected chi connectivity index (χ4v) is 0.563. The SMILES string of the molecule is CCC(=O)CNC(=O)NC(=O)CC. The van der Waals surface area contributed by atoms with E-state index in [1.807, 2.05) is 0 Å². The molecular weight excluding hydrogens is 172 g/mol. The maximum absolute atomic E-state index is 10.8. The van der Waals surface area contributed by atoms with Crippen LogP contribution in [0.4, 0.5) is 4.79 Å². The van der Waals surface area contributed by atoms with Crippen LogP contribution < -0.4 is 10.6 Å². The molecule has 0 radical (unpaired) electrons. The molecule has 0 atom stereocenters. The van der Waals surface area contributed by atoms with Crippen LogP contribution in [-0.2, 0) is 9.59 Å². The van der Waals surface area contributed by atoms with Crippen molar-refractivity contribution in [2.24, 2.45) is 0 Å². The van der Waals surface area contributed by atoms with Gasteiger partial charge in [-0.2, -0.15) is 0 Å². The third kappa shape index (κ3) is 5.84. The normalized spacial score (nSPS) is 9.08. The number of nitrogens with one attached hydrogen (secondary N) is 2. The van der Waals surface area contributed by atoms with Gasteiger partial charge in [-0.05, 0) is 0 Å². The van der Waals surface area contributed by atoms with E-state index in [0.717, 1.165) is 0 Å². The van der Waals surface area contributed by atoms with Gasteiger partial charge in [0.2, 0.25) is 5.91 Å². The monoisotopic (exact) mass is 186 g/mol. The highest BCUT2D eigenvalue weighted by Crippen LogP contribution is 1.78. The Labute approximate surface area is 76.9 Å². The summed E-state index contributed by atoms with van der Waals surface area (Å²) in [5.41, 5.74) is 0. The van der Waals surface area contributed by atoms with Gasteiger partial charge in [0.25, 0.3) is 0 Å². The van der Waals surface area contributed by atoms with Crippen LogP contribution in [0.5, 0.6) is 0 Å². The van der Waals surface area contributed by atoms with Crippen LogP contribution in [0, 0.1) is 0 Å². The van der Waals surface area contributed by atoms with Crippen LogP contribution in [0.1, 0.15) is 26.7 Å². The van der Waals surface area contributed by atoms with Crippen molar-refractivity contribution in [3.05, 3.63) is 0 Å². The van der Waals surface area contributed by atoms with Gasteiger partial charge in [-0.1, -0.05) is 13.8 Å². The Morgan fingerprint density at radius 2 is 1.69 bits per heavy atom. The summed E-state index contributed by atoms with van der Waals surface area (Å²) in [4.78, 5) is 32.3. The van der Waals surface area contributed by atoms with Gasteiger partial charge >= 0.3 is 6.03 Å². The number of Topliss-reactive ketones (excluding diaryl/α,β-unsaturated/α-hetero) is 1. The lowest BCUT2D eigenvalue weighted by Gasteiger charge is -2.03. The van der Waals surface area contributed by atoms with Gasteiger partial charge in [-0.15, -0.1) is 0 Å². The predicted octanol–water partition coefficient (Wildman–Crippen LogP) is 0.201. The third-order valence-electron chi connectivity index (χ3n) is 1.41. The molecule has 5 heteroatoms. The quantitative estimate of drug-likeness (QED) is 0.658. The van der Waals surface area contributed by atoms with E-state index in [-0.39, 0.29) is 24.7 Å². The number of amides is 3. The summed E-state index contributed by atoms with van der Waals surface area (Å²) in [7, 11) is 0. The first-order valence-corrected chi connectivity index (χ1v) is 4.19. The minimum atomic E-state index is -0.617. The van der Waals surface area contributed by atoms with Crippen LogP contribution in [-0.4, -0.2) is 24.3 Å². The molecule has 0 aliphatic carbocycles. The largest absolute Gasteiger partial charge is 0.331 e. The summed E-state index contributed by atoms with van der Waals surface area (Å²) < 4.78 is 0. The zero-order valence-electron chi connectivity index (χ0n) is 7.85. The Hall–Kier alpha value is -1.39. The molecule has 0 bridgehead atoms. The molecular formula is C8H14N2O3. The van der Waals surface area contributed by atoms with Gasteiger partial charge < -0.3 is 5.32 Å². The number of hydrogen-bond donors (Lipinski definition) is 2. The Kier molecular flexibility index (Phi) is 5.50. The van der Waals surface area contributed by atoms with Gasteiger partial charge in [-0.25, -0.2) is 4.79 Å². The van der Waals surface area contributed by atoms with Crippen molar-refractivity contribution in [3.63, 3.8) is 0 Å². The predicted molar refractivity (Wildman–Crippen MR) is 47.1 cm³/mol. The van der Waals surface area contributed by atoms with E-state index >= 15 is 0 Å². The summed E-state index contributed by atoms with van der Waals surface area (Å²) in [5, 5.41) is 4.35. The van der Waals surface area contributed by atoms with E-state index < -0.39 is 6.03 Å². The molecule has 74 valence electrons. The number of carbonyl (C=O) groups is 3. The van der Waals surface area contributed by atoms with Gasteiger partial charge in [0.1, 0.15) is 0 Å². The van der Waals surface area contributed by atoms with E-state index in [1.165, 1.54) is 0 Å². The first kappa shape index (κ1) is 11.6. The lowest BCUT2D eigenvalue weighted by Crippen LogP contribution is -2.41. The summed E-state index contributed by atoms with van der Waals surface area (Å²) in [5.74, 6) is -0.430. The van der Waals surface area contributed by atoms with Crippen LogP contribution in [0.3, 0.4) is 0 Å². The second-order valence-electron chi connectivity index (χ2n) is 2.48. The Bertz CT molecular complexity index is 213. The van der Waals surface area contributed by atoms with Crippen molar-refractivity contribution in [2.75, 3.05) is 6.54 Å². The number of ketones is 1. The summed E-state index contributed by atoms with van der Waals surface area (Å²) in [6.07, 6.45) is 0.622. The van der Waals surface area contributed by atoms with Crippen LogP contribution in [0.2, 0.25) is 0 Å². The maximum Gasteiger partial charge on any atom is 0.321 e. The van der Waals surface area contributed by atoms with Crippen LogP contribution >= 0.6 is 0 Å². The summed E-state index contributed by atoms with van der Waals surface area (Å²) >= 11 is 0. The highest BCUT2D eigenvalue weighted by Gasteiger charge is 2.05. The van der Waals surface area contributed by atoms with Crippen molar-refractivity contribution >= 4 is 17.7 Å². The number of carbonyl (C=O) groups excluding carboxylic acids is 3. The third-order valence-corrected chi connectivity index (χ3v) is 1.41. The highest BCUT2D eigenvalue weighted by atomic mass is 16.2. The van der Waals surface area contributed by atoms with Crippen molar-refractivity contribution in [1.82, 2.24) is 10.6 Å². The number of rotatable bonds is 4. The minimum Gasteiger partial charge on any atom is -0.331 e. The Balaban J connectivity index is 3.63. The Morgan fingerprint density at radius 3 is 2.15 bits per heavy atom. The average molecular weight is 186 g/mol. The number of imide groups is 1. The smallest absolute Gasteiger partial charge is 0.321 e. The van der Waals surface area contributed by atoms with E-state index in [4.69, 9.17) is 0 Å². The van der Waals surface area contributed by atoms with Crippen molar-refractivity contribution in [1.29, 1.82) is 0 Å². The molecule has 0 heterocycles. The lowest BCUT2D eigenvalue weighted by molar-refractivity contribution is -0.120. The molecule has 3 amide bonds. The average Bonchev–Trinajstić information content (AvgIpc) is 2.13. The molecule has 0 aliphatic heterocycles. The molecule has 2 N–H and O–H groups in total. The van der Waals surface area contributed by atoms with Gasteiger partial charge in [0.05, 0.1) is 6.54 Å². The molecule has 0 spiro atoms.